The topological polar surface area (TPSA) is 37.4 Å². The van der Waals surface area contributed by atoms with Crippen molar-refractivity contribution in [2.45, 2.75) is 17.5 Å². The molecule has 98 valence electrons. The van der Waals surface area contributed by atoms with Crippen molar-refractivity contribution in [2.75, 3.05) is 6.54 Å². The highest BCUT2D eigenvalue weighted by Gasteiger charge is 2.32. The summed E-state index contributed by atoms with van der Waals surface area (Å²) in [6, 6.07) is 3.76. The molecule has 7 heteroatoms. The summed E-state index contributed by atoms with van der Waals surface area (Å²) in [6.45, 7) is 0.262. The highest BCUT2D eigenvalue weighted by molar-refractivity contribution is 7.89. The number of nitrogens with zero attached hydrogens (tertiary/aromatic N) is 1. The number of hydrogen-bond acceptors (Lipinski definition) is 2. The Labute approximate surface area is 103 Å². The van der Waals surface area contributed by atoms with Crippen LogP contribution in [0.2, 0.25) is 0 Å². The second-order valence-electron chi connectivity index (χ2n) is 3.81. The van der Waals surface area contributed by atoms with Crippen LogP contribution in [0.1, 0.15) is 12.0 Å². The first-order valence-corrected chi connectivity index (χ1v) is 6.61. The van der Waals surface area contributed by atoms with Gasteiger partial charge in [-0.25, -0.2) is 8.42 Å². The summed E-state index contributed by atoms with van der Waals surface area (Å²) in [6.07, 6.45) is -0.953. The van der Waals surface area contributed by atoms with Crippen molar-refractivity contribution in [3.63, 3.8) is 0 Å². The molecule has 0 atom stereocenters. The first-order chi connectivity index (χ1) is 8.32. The minimum atomic E-state index is -4.55. The number of alkyl halides is 3. The average Bonchev–Trinajstić information content (AvgIpc) is 2.82. The van der Waals surface area contributed by atoms with E-state index >= 15 is 0 Å². The predicted molar refractivity (Wildman–Crippen MR) is 59.1 cm³/mol. The Kier molecular flexibility index (Phi) is 3.10. The van der Waals surface area contributed by atoms with Crippen LogP contribution in [0.5, 0.6) is 0 Å². The summed E-state index contributed by atoms with van der Waals surface area (Å²) in [5.74, 6) is 0. The Morgan fingerprint density at radius 3 is 2.50 bits per heavy atom. The van der Waals surface area contributed by atoms with Crippen LogP contribution >= 0.6 is 0 Å². The van der Waals surface area contributed by atoms with Crippen molar-refractivity contribution in [3.8, 4) is 0 Å². The molecule has 0 radical (unpaired) electrons. The van der Waals surface area contributed by atoms with E-state index in [4.69, 9.17) is 0 Å². The van der Waals surface area contributed by atoms with Gasteiger partial charge in [-0.1, -0.05) is 12.1 Å². The van der Waals surface area contributed by atoms with Gasteiger partial charge >= 0.3 is 6.18 Å². The van der Waals surface area contributed by atoms with Crippen LogP contribution < -0.4 is 0 Å². The van der Waals surface area contributed by atoms with E-state index in [1.165, 1.54) is 6.20 Å². The molecule has 0 unspecified atom stereocenters. The van der Waals surface area contributed by atoms with Gasteiger partial charge in [0.25, 0.3) is 10.0 Å². The lowest BCUT2D eigenvalue weighted by atomic mass is 10.2. The summed E-state index contributed by atoms with van der Waals surface area (Å²) in [5.41, 5.74) is -0.966. The van der Waals surface area contributed by atoms with Crippen molar-refractivity contribution >= 4 is 10.0 Å². The normalized spacial score (nSPS) is 16.3. The van der Waals surface area contributed by atoms with E-state index in [0.29, 0.717) is 12.5 Å². The minimum absolute atomic E-state index is 0.262. The van der Waals surface area contributed by atoms with Gasteiger partial charge in [0.1, 0.15) is 0 Å². The number of halogens is 3. The first kappa shape index (κ1) is 12.9. The van der Waals surface area contributed by atoms with Crippen molar-refractivity contribution in [2.24, 2.45) is 0 Å². The highest BCUT2D eigenvalue weighted by Crippen LogP contribution is 2.31. The summed E-state index contributed by atoms with van der Waals surface area (Å²) in [4.78, 5) is -0.344. The fourth-order valence-corrected chi connectivity index (χ4v) is 3.03. The molecule has 3 nitrogen and oxygen atoms in total. The second-order valence-corrected chi connectivity index (χ2v) is 5.71. The van der Waals surface area contributed by atoms with Crippen molar-refractivity contribution < 1.29 is 21.6 Å². The Morgan fingerprint density at radius 1 is 1.22 bits per heavy atom. The van der Waals surface area contributed by atoms with Crippen LogP contribution in [0.25, 0.3) is 0 Å². The Balaban J connectivity index is 2.42. The number of hydrogen-bond donors (Lipinski definition) is 0. The molecule has 1 aromatic rings. The van der Waals surface area contributed by atoms with Gasteiger partial charge in [0.2, 0.25) is 0 Å². The first-order valence-electron chi connectivity index (χ1n) is 5.17. The van der Waals surface area contributed by atoms with Crippen LogP contribution in [-0.4, -0.2) is 19.3 Å². The molecule has 1 aliphatic rings. The van der Waals surface area contributed by atoms with Crippen molar-refractivity contribution in [1.29, 1.82) is 0 Å². The SMILES string of the molecule is O=S(=O)(c1cccc(C(F)(F)F)c1)N1C=CCC1. The van der Waals surface area contributed by atoms with E-state index in [1.807, 2.05) is 0 Å². The van der Waals surface area contributed by atoms with Gasteiger partial charge in [-0.2, -0.15) is 13.2 Å². The summed E-state index contributed by atoms with van der Waals surface area (Å²) < 4.78 is 62.6. The van der Waals surface area contributed by atoms with E-state index in [2.05, 4.69) is 0 Å². The lowest BCUT2D eigenvalue weighted by Gasteiger charge is -2.17. The third-order valence-corrected chi connectivity index (χ3v) is 4.33. The van der Waals surface area contributed by atoms with E-state index in [9.17, 15) is 21.6 Å². The fraction of sp³-hybridized carbons (Fsp3) is 0.273. The predicted octanol–water partition coefficient (Wildman–Crippen LogP) is 2.61. The lowest BCUT2D eigenvalue weighted by Crippen LogP contribution is -2.24. The van der Waals surface area contributed by atoms with E-state index < -0.39 is 21.8 Å². The molecule has 0 spiro atoms. The van der Waals surface area contributed by atoms with Gasteiger partial charge in [0.05, 0.1) is 10.5 Å². The summed E-state index contributed by atoms with van der Waals surface area (Å²) >= 11 is 0. The lowest BCUT2D eigenvalue weighted by molar-refractivity contribution is -0.137. The van der Waals surface area contributed by atoms with Gasteiger partial charge in [-0.15, -0.1) is 0 Å². The third-order valence-electron chi connectivity index (χ3n) is 2.56. The zero-order chi connectivity index (χ0) is 13.4. The largest absolute Gasteiger partial charge is 0.416 e. The third kappa shape index (κ3) is 2.35. The second kappa shape index (κ2) is 4.31. The molecule has 0 saturated carbocycles. The van der Waals surface area contributed by atoms with Gasteiger partial charge in [-0.3, -0.25) is 4.31 Å². The van der Waals surface area contributed by atoms with Crippen LogP contribution in [-0.2, 0) is 16.2 Å². The molecular formula is C11H10F3NO2S. The average molecular weight is 277 g/mol. The maximum absolute atomic E-state index is 12.5. The van der Waals surface area contributed by atoms with E-state index in [0.717, 1.165) is 22.5 Å². The Bertz CT molecular complexity index is 578. The molecular weight excluding hydrogens is 267 g/mol. The molecule has 0 amide bonds. The molecule has 0 aromatic heterocycles. The molecule has 1 aromatic carbocycles. The minimum Gasteiger partial charge on any atom is -0.273 e. The fourth-order valence-electron chi connectivity index (χ4n) is 1.64. The number of benzene rings is 1. The molecule has 0 bridgehead atoms. The molecule has 18 heavy (non-hydrogen) atoms. The molecule has 2 rings (SSSR count). The molecule has 1 heterocycles. The van der Waals surface area contributed by atoms with Gasteiger partial charge < -0.3 is 0 Å². The number of rotatable bonds is 2. The van der Waals surface area contributed by atoms with Crippen LogP contribution in [0.15, 0.2) is 41.4 Å². The van der Waals surface area contributed by atoms with Crippen LogP contribution in [0, 0.1) is 0 Å². The molecule has 0 saturated heterocycles. The number of sulfonamides is 1. The Morgan fingerprint density at radius 2 is 1.94 bits per heavy atom. The van der Waals surface area contributed by atoms with Crippen LogP contribution in [0.3, 0.4) is 0 Å². The zero-order valence-electron chi connectivity index (χ0n) is 9.18. The summed E-state index contributed by atoms with van der Waals surface area (Å²) in [7, 11) is -3.87. The van der Waals surface area contributed by atoms with Gasteiger partial charge in [0, 0.05) is 12.7 Å². The maximum Gasteiger partial charge on any atom is 0.416 e. The van der Waals surface area contributed by atoms with Crippen molar-refractivity contribution in [3.05, 3.63) is 42.1 Å². The molecule has 0 fully saturated rings. The van der Waals surface area contributed by atoms with E-state index in [-0.39, 0.29) is 11.4 Å². The monoisotopic (exact) mass is 277 g/mol. The zero-order valence-corrected chi connectivity index (χ0v) is 10.0. The highest BCUT2D eigenvalue weighted by atomic mass is 32.2. The van der Waals surface area contributed by atoms with Crippen molar-refractivity contribution in [1.82, 2.24) is 4.31 Å². The smallest absolute Gasteiger partial charge is 0.273 e. The molecule has 1 aliphatic heterocycles. The molecule has 0 N–H and O–H groups in total. The Hall–Kier alpha value is -1.50. The van der Waals surface area contributed by atoms with Gasteiger partial charge in [0.15, 0.2) is 0 Å². The van der Waals surface area contributed by atoms with E-state index in [1.54, 1.807) is 6.08 Å². The molecule has 0 aliphatic carbocycles. The quantitative estimate of drug-likeness (QED) is 0.833. The standard InChI is InChI=1S/C11H10F3NO2S/c12-11(13,14)9-4-3-5-10(8-9)18(16,17)15-6-1-2-7-15/h1,3-6,8H,2,7H2. The van der Waals surface area contributed by atoms with Gasteiger partial charge in [-0.05, 0) is 24.6 Å². The van der Waals surface area contributed by atoms with Crippen LogP contribution in [0.4, 0.5) is 13.2 Å². The summed E-state index contributed by atoms with van der Waals surface area (Å²) in [5, 5.41) is 0. The maximum atomic E-state index is 12.5.